The minimum Gasteiger partial charge on any atom is -0.373 e. The summed E-state index contributed by atoms with van der Waals surface area (Å²) in [6, 6.07) is 7.27. The van der Waals surface area contributed by atoms with E-state index < -0.39 is 17.9 Å². The third-order valence-electron chi connectivity index (χ3n) is 5.16. The number of fused-ring (bicyclic) bond motifs is 3. The molecule has 1 aliphatic heterocycles. The molecule has 0 aliphatic carbocycles. The van der Waals surface area contributed by atoms with Gasteiger partial charge in [0.15, 0.2) is 0 Å². The number of aromatic amines is 1. The summed E-state index contributed by atoms with van der Waals surface area (Å²) in [7, 11) is 1.59. The molecule has 8 heteroatoms. The summed E-state index contributed by atoms with van der Waals surface area (Å²) in [5, 5.41) is 3.53. The third-order valence-corrected chi connectivity index (χ3v) is 5.16. The number of hydrogen-bond acceptors (Lipinski definition) is 3. The van der Waals surface area contributed by atoms with Crippen molar-refractivity contribution in [2.75, 3.05) is 19.0 Å². The summed E-state index contributed by atoms with van der Waals surface area (Å²) >= 11 is 0. The fraction of sp³-hybridized carbons (Fsp3) is 0.238. The number of nitrogens with zero attached hydrogens (tertiary/aromatic N) is 1. The molecule has 0 saturated heterocycles. The molecular formula is C21H19F2N3O3. The second-order valence-electron chi connectivity index (χ2n) is 7.07. The number of aromatic nitrogens is 1. The van der Waals surface area contributed by atoms with Crippen LogP contribution in [0.3, 0.4) is 0 Å². The first-order chi connectivity index (χ1) is 13.8. The Morgan fingerprint density at radius 2 is 2.00 bits per heavy atom. The number of amides is 2. The molecule has 0 unspecified atom stereocenters. The van der Waals surface area contributed by atoms with Gasteiger partial charge < -0.3 is 19.9 Å². The lowest BCUT2D eigenvalue weighted by molar-refractivity contribution is 0.0527. The Labute approximate surface area is 165 Å². The minimum absolute atomic E-state index is 0.167. The van der Waals surface area contributed by atoms with Crippen LogP contribution < -0.4 is 10.9 Å². The largest absolute Gasteiger partial charge is 0.373 e. The second-order valence-corrected chi connectivity index (χ2v) is 7.07. The zero-order valence-corrected chi connectivity index (χ0v) is 15.9. The maximum absolute atomic E-state index is 13.9. The van der Waals surface area contributed by atoms with Gasteiger partial charge in [-0.3, -0.25) is 4.79 Å². The smallest absolute Gasteiger partial charge is 0.322 e. The van der Waals surface area contributed by atoms with Gasteiger partial charge in [-0.25, -0.2) is 13.6 Å². The highest BCUT2D eigenvalue weighted by molar-refractivity contribution is 5.91. The number of nitrogens with one attached hydrogen (secondary N) is 2. The fourth-order valence-electron chi connectivity index (χ4n) is 3.60. The van der Waals surface area contributed by atoms with Gasteiger partial charge >= 0.3 is 6.03 Å². The molecular weight excluding hydrogens is 380 g/mol. The van der Waals surface area contributed by atoms with E-state index >= 15 is 0 Å². The van der Waals surface area contributed by atoms with Crippen molar-refractivity contribution in [1.29, 1.82) is 0 Å². The van der Waals surface area contributed by atoms with Crippen molar-refractivity contribution >= 4 is 22.5 Å². The number of hydrogen-bond donors (Lipinski definition) is 2. The lowest BCUT2D eigenvalue weighted by Crippen LogP contribution is -2.39. The van der Waals surface area contributed by atoms with E-state index in [9.17, 15) is 18.4 Å². The van der Waals surface area contributed by atoms with Crippen LogP contribution in [0, 0.1) is 18.6 Å². The van der Waals surface area contributed by atoms with Crippen molar-refractivity contribution < 1.29 is 18.3 Å². The van der Waals surface area contributed by atoms with Crippen molar-refractivity contribution in [1.82, 2.24) is 9.88 Å². The number of anilines is 1. The SMILES string of the molecule is Cc1cc(NC(=O)N(C)[C@H]2COCc3[nH]c(=O)c4ccc(F)cc4c32)ccc1F. The first-order valence-corrected chi connectivity index (χ1v) is 9.07. The number of aryl methyl sites for hydroxylation is 1. The number of pyridine rings is 1. The lowest BCUT2D eigenvalue weighted by Gasteiger charge is -2.33. The van der Waals surface area contributed by atoms with Gasteiger partial charge in [-0.1, -0.05) is 0 Å². The molecule has 1 aliphatic rings. The number of urea groups is 1. The normalized spacial score (nSPS) is 15.8. The van der Waals surface area contributed by atoms with Crippen LogP contribution in [0.1, 0.15) is 22.9 Å². The first-order valence-electron chi connectivity index (χ1n) is 9.07. The van der Waals surface area contributed by atoms with Gasteiger partial charge in [0.25, 0.3) is 5.56 Å². The average Bonchev–Trinajstić information content (AvgIpc) is 2.69. The van der Waals surface area contributed by atoms with Crippen LogP contribution in [0.5, 0.6) is 0 Å². The van der Waals surface area contributed by atoms with Gasteiger partial charge in [0.2, 0.25) is 0 Å². The molecule has 2 aromatic carbocycles. The van der Waals surface area contributed by atoms with Crippen LogP contribution in [-0.4, -0.2) is 29.6 Å². The Kier molecular flexibility index (Phi) is 4.79. The third kappa shape index (κ3) is 3.47. The Balaban J connectivity index is 1.71. The summed E-state index contributed by atoms with van der Waals surface area (Å²) < 4.78 is 32.9. The lowest BCUT2D eigenvalue weighted by atomic mass is 9.96. The molecule has 0 fully saturated rings. The summed E-state index contributed by atoms with van der Waals surface area (Å²) in [5.74, 6) is -0.826. The number of ether oxygens (including phenoxy) is 1. The number of rotatable bonds is 2. The van der Waals surface area contributed by atoms with Crippen LogP contribution in [0.25, 0.3) is 10.8 Å². The molecule has 0 saturated carbocycles. The van der Waals surface area contributed by atoms with E-state index in [1.54, 1.807) is 14.0 Å². The molecule has 150 valence electrons. The molecule has 0 radical (unpaired) electrons. The van der Waals surface area contributed by atoms with E-state index in [2.05, 4.69) is 10.3 Å². The zero-order valence-electron chi connectivity index (χ0n) is 15.9. The minimum atomic E-state index is -0.540. The number of benzene rings is 2. The Morgan fingerprint density at radius 1 is 1.21 bits per heavy atom. The van der Waals surface area contributed by atoms with Gasteiger partial charge in [-0.2, -0.15) is 0 Å². The van der Waals surface area contributed by atoms with E-state index in [1.165, 1.54) is 41.3 Å². The van der Waals surface area contributed by atoms with E-state index in [4.69, 9.17) is 4.74 Å². The van der Waals surface area contributed by atoms with E-state index in [0.717, 1.165) is 0 Å². The van der Waals surface area contributed by atoms with Crippen LogP contribution in [0.15, 0.2) is 41.2 Å². The van der Waals surface area contributed by atoms with Crippen LogP contribution in [0.2, 0.25) is 0 Å². The van der Waals surface area contributed by atoms with Crippen molar-refractivity contribution in [2.45, 2.75) is 19.6 Å². The summed E-state index contributed by atoms with van der Waals surface area (Å²) in [5.41, 5.74) is 1.70. The number of carbonyl (C=O) groups is 1. The number of likely N-dealkylation sites (N-methyl/N-ethyl adjacent to an activating group) is 1. The number of carbonyl (C=O) groups excluding carboxylic acids is 1. The molecule has 2 amide bonds. The van der Waals surface area contributed by atoms with Crippen molar-refractivity contribution in [3.63, 3.8) is 0 Å². The summed E-state index contributed by atoms with van der Waals surface area (Å²) in [6.07, 6.45) is 0. The monoisotopic (exact) mass is 399 g/mol. The Morgan fingerprint density at radius 3 is 2.76 bits per heavy atom. The summed E-state index contributed by atoms with van der Waals surface area (Å²) in [4.78, 5) is 29.3. The standard InChI is InChI=1S/C21H19F2N3O3/c1-11-7-13(4-6-16(11)23)24-21(28)26(2)18-10-29-9-17-19(18)15-8-12(22)3-5-14(15)20(27)25-17/h3-8,18H,9-10H2,1-2H3,(H,24,28)(H,25,27)/t18-/m0/s1. The number of H-pyrrole nitrogens is 1. The molecule has 29 heavy (non-hydrogen) atoms. The predicted molar refractivity (Wildman–Crippen MR) is 105 cm³/mol. The molecule has 6 nitrogen and oxygen atoms in total. The maximum Gasteiger partial charge on any atom is 0.322 e. The highest BCUT2D eigenvalue weighted by atomic mass is 19.1. The van der Waals surface area contributed by atoms with Gasteiger partial charge in [0.05, 0.1) is 19.3 Å². The molecule has 2 heterocycles. The maximum atomic E-state index is 13.9. The average molecular weight is 399 g/mol. The van der Waals surface area contributed by atoms with Gasteiger partial charge in [0.1, 0.15) is 11.6 Å². The molecule has 2 N–H and O–H groups in total. The molecule has 4 rings (SSSR count). The molecule has 0 spiro atoms. The quantitative estimate of drug-likeness (QED) is 0.687. The number of halogens is 2. The van der Waals surface area contributed by atoms with Gasteiger partial charge in [-0.15, -0.1) is 0 Å². The van der Waals surface area contributed by atoms with Crippen LogP contribution in [-0.2, 0) is 11.3 Å². The Hall–Kier alpha value is -3.26. The highest BCUT2D eigenvalue weighted by Crippen LogP contribution is 2.33. The molecule has 3 aromatic rings. The summed E-state index contributed by atoms with van der Waals surface area (Å²) in [6.45, 7) is 1.97. The van der Waals surface area contributed by atoms with E-state index in [0.29, 0.717) is 33.3 Å². The predicted octanol–water partition coefficient (Wildman–Crippen LogP) is 3.85. The topological polar surface area (TPSA) is 74.4 Å². The molecule has 1 aromatic heterocycles. The van der Waals surface area contributed by atoms with Gasteiger partial charge in [0, 0.05) is 29.4 Å². The fourth-order valence-corrected chi connectivity index (χ4v) is 3.60. The first kappa shape index (κ1) is 19.1. The Bertz CT molecular complexity index is 1180. The van der Waals surface area contributed by atoms with Crippen molar-refractivity contribution in [2.24, 2.45) is 0 Å². The van der Waals surface area contributed by atoms with Crippen molar-refractivity contribution in [3.8, 4) is 0 Å². The molecule has 0 bridgehead atoms. The van der Waals surface area contributed by atoms with E-state index in [-0.39, 0.29) is 24.6 Å². The molecule has 1 atom stereocenters. The highest BCUT2D eigenvalue weighted by Gasteiger charge is 2.30. The van der Waals surface area contributed by atoms with Crippen molar-refractivity contribution in [3.05, 3.63) is 75.2 Å². The van der Waals surface area contributed by atoms with Crippen LogP contribution in [0.4, 0.5) is 19.3 Å². The zero-order chi connectivity index (χ0) is 20.7. The van der Waals surface area contributed by atoms with Crippen LogP contribution >= 0.6 is 0 Å². The van der Waals surface area contributed by atoms with Gasteiger partial charge in [-0.05, 0) is 54.3 Å². The van der Waals surface area contributed by atoms with E-state index in [1.807, 2.05) is 0 Å². The second kappa shape index (κ2) is 7.29.